The largest absolute Gasteiger partial charge is 0.354 e. The second-order valence-corrected chi connectivity index (χ2v) is 6.34. The average molecular weight is 332 g/mol. The third-order valence-electron chi connectivity index (χ3n) is 3.40. The summed E-state index contributed by atoms with van der Waals surface area (Å²) in [5.41, 5.74) is 7.64. The van der Waals surface area contributed by atoms with E-state index in [0.29, 0.717) is 24.3 Å². The van der Waals surface area contributed by atoms with Crippen molar-refractivity contribution in [3.8, 4) is 0 Å². The van der Waals surface area contributed by atoms with Crippen LogP contribution in [0.25, 0.3) is 0 Å². The highest BCUT2D eigenvalue weighted by Crippen LogP contribution is 2.14. The molecule has 2 aromatic rings. The lowest BCUT2D eigenvalue weighted by Crippen LogP contribution is -2.42. The molecule has 2 rings (SSSR count). The van der Waals surface area contributed by atoms with Crippen LogP contribution in [0.1, 0.15) is 11.1 Å². The molecule has 0 saturated heterocycles. The zero-order valence-electron chi connectivity index (χ0n) is 12.9. The Morgan fingerprint density at radius 1 is 1.13 bits per heavy atom. The van der Waals surface area contributed by atoms with Gasteiger partial charge in [0.2, 0.25) is 5.91 Å². The van der Waals surface area contributed by atoms with Crippen LogP contribution in [-0.2, 0) is 17.0 Å². The number of hydrogen-bond acceptors (Lipinski definition) is 3. The van der Waals surface area contributed by atoms with Crippen LogP contribution in [0.15, 0.2) is 54.6 Å². The molecule has 0 heterocycles. The van der Waals surface area contributed by atoms with Crippen molar-refractivity contribution in [1.29, 1.82) is 0 Å². The Bertz CT molecular complexity index is 621. The summed E-state index contributed by atoms with van der Waals surface area (Å²) in [7, 11) is 0. The molecular formula is C18H21FN2OS. The van der Waals surface area contributed by atoms with Crippen molar-refractivity contribution in [3.63, 3.8) is 0 Å². The van der Waals surface area contributed by atoms with Gasteiger partial charge in [-0.3, -0.25) is 4.79 Å². The van der Waals surface area contributed by atoms with Gasteiger partial charge in [0.25, 0.3) is 0 Å². The summed E-state index contributed by atoms with van der Waals surface area (Å²) >= 11 is 1.58. The van der Waals surface area contributed by atoms with Gasteiger partial charge in [-0.15, -0.1) is 0 Å². The van der Waals surface area contributed by atoms with E-state index in [1.54, 1.807) is 23.9 Å². The van der Waals surface area contributed by atoms with Gasteiger partial charge in [0, 0.05) is 18.1 Å². The molecule has 0 bridgehead atoms. The normalized spacial score (nSPS) is 11.9. The van der Waals surface area contributed by atoms with E-state index in [1.807, 2.05) is 36.4 Å². The van der Waals surface area contributed by atoms with E-state index in [4.69, 9.17) is 5.73 Å². The van der Waals surface area contributed by atoms with Gasteiger partial charge in [-0.05, 0) is 23.6 Å². The molecule has 5 heteroatoms. The zero-order valence-corrected chi connectivity index (χ0v) is 13.7. The number of halogens is 1. The Kier molecular flexibility index (Phi) is 7.10. The summed E-state index contributed by atoms with van der Waals surface area (Å²) in [5.74, 6) is 0.978. The highest BCUT2D eigenvalue weighted by atomic mass is 32.2. The summed E-state index contributed by atoms with van der Waals surface area (Å²) in [6.07, 6.45) is 0.523. The third kappa shape index (κ3) is 6.04. The van der Waals surface area contributed by atoms with Crippen LogP contribution >= 0.6 is 11.8 Å². The Labute approximate surface area is 140 Å². The van der Waals surface area contributed by atoms with Gasteiger partial charge in [-0.1, -0.05) is 48.5 Å². The number of rotatable bonds is 8. The van der Waals surface area contributed by atoms with Crippen molar-refractivity contribution in [2.24, 2.45) is 5.73 Å². The number of nitrogens with two attached hydrogens (primary N) is 1. The van der Waals surface area contributed by atoms with Crippen LogP contribution in [0.5, 0.6) is 0 Å². The van der Waals surface area contributed by atoms with Crippen LogP contribution in [0.3, 0.4) is 0 Å². The predicted molar refractivity (Wildman–Crippen MR) is 93.7 cm³/mol. The number of benzene rings is 2. The zero-order chi connectivity index (χ0) is 16.5. The molecule has 0 aliphatic heterocycles. The molecule has 0 aliphatic carbocycles. The number of nitrogens with one attached hydrogen (secondary N) is 1. The maximum absolute atomic E-state index is 13.4. The van der Waals surface area contributed by atoms with Crippen molar-refractivity contribution in [2.75, 3.05) is 12.3 Å². The van der Waals surface area contributed by atoms with E-state index >= 15 is 0 Å². The first-order valence-electron chi connectivity index (χ1n) is 7.55. The van der Waals surface area contributed by atoms with E-state index < -0.39 is 6.04 Å². The SMILES string of the molecule is NC(Cc1ccccc1)C(=O)NCCSCc1ccccc1F. The van der Waals surface area contributed by atoms with Crippen LogP contribution in [-0.4, -0.2) is 24.2 Å². The second kappa shape index (κ2) is 9.33. The minimum absolute atomic E-state index is 0.152. The first kappa shape index (κ1) is 17.5. The van der Waals surface area contributed by atoms with Crippen molar-refractivity contribution >= 4 is 17.7 Å². The average Bonchev–Trinajstić information content (AvgIpc) is 2.57. The Morgan fingerprint density at radius 2 is 1.83 bits per heavy atom. The Hall–Kier alpha value is -1.85. The molecule has 2 aromatic carbocycles. The molecule has 0 aromatic heterocycles. The smallest absolute Gasteiger partial charge is 0.237 e. The lowest BCUT2D eigenvalue weighted by molar-refractivity contribution is -0.122. The van der Waals surface area contributed by atoms with Crippen molar-refractivity contribution < 1.29 is 9.18 Å². The number of carbonyl (C=O) groups excluding carboxylic acids is 1. The standard InChI is InChI=1S/C18H21FN2OS/c19-16-9-5-4-8-15(16)13-23-11-10-21-18(22)17(20)12-14-6-2-1-3-7-14/h1-9,17H,10-13,20H2,(H,21,22). The third-order valence-corrected chi connectivity index (χ3v) is 4.40. The highest BCUT2D eigenvalue weighted by molar-refractivity contribution is 7.98. The van der Waals surface area contributed by atoms with Gasteiger partial charge in [0.05, 0.1) is 6.04 Å². The molecule has 1 amide bonds. The molecule has 3 N–H and O–H groups in total. The molecule has 1 atom stereocenters. The summed E-state index contributed by atoms with van der Waals surface area (Å²) in [6.45, 7) is 0.528. The quantitative estimate of drug-likeness (QED) is 0.731. The molecule has 0 radical (unpaired) electrons. The lowest BCUT2D eigenvalue weighted by atomic mass is 10.1. The van der Waals surface area contributed by atoms with Crippen LogP contribution in [0.4, 0.5) is 4.39 Å². The van der Waals surface area contributed by atoms with Crippen LogP contribution < -0.4 is 11.1 Å². The molecule has 0 aliphatic rings. The minimum Gasteiger partial charge on any atom is -0.354 e. The molecule has 0 saturated carbocycles. The molecular weight excluding hydrogens is 311 g/mol. The first-order chi connectivity index (χ1) is 11.2. The van der Waals surface area contributed by atoms with E-state index in [0.717, 1.165) is 11.3 Å². The molecule has 122 valence electrons. The van der Waals surface area contributed by atoms with Crippen LogP contribution in [0.2, 0.25) is 0 Å². The second-order valence-electron chi connectivity index (χ2n) is 5.23. The summed E-state index contributed by atoms with van der Waals surface area (Å²) in [4.78, 5) is 11.9. The van der Waals surface area contributed by atoms with E-state index in [9.17, 15) is 9.18 Å². The fraction of sp³-hybridized carbons (Fsp3) is 0.278. The van der Waals surface area contributed by atoms with E-state index in [1.165, 1.54) is 6.07 Å². The molecule has 0 spiro atoms. The van der Waals surface area contributed by atoms with Gasteiger partial charge < -0.3 is 11.1 Å². The first-order valence-corrected chi connectivity index (χ1v) is 8.70. The topological polar surface area (TPSA) is 55.1 Å². The number of amides is 1. The molecule has 3 nitrogen and oxygen atoms in total. The number of carbonyl (C=O) groups is 1. The van der Waals surface area contributed by atoms with Gasteiger partial charge in [0.15, 0.2) is 0 Å². The lowest BCUT2D eigenvalue weighted by Gasteiger charge is -2.12. The maximum Gasteiger partial charge on any atom is 0.237 e. The highest BCUT2D eigenvalue weighted by Gasteiger charge is 2.13. The summed E-state index contributed by atoms with van der Waals surface area (Å²) in [6, 6.07) is 15.9. The van der Waals surface area contributed by atoms with Crippen molar-refractivity contribution in [2.45, 2.75) is 18.2 Å². The number of thioether (sulfide) groups is 1. The fourth-order valence-corrected chi connectivity index (χ4v) is 2.98. The van der Waals surface area contributed by atoms with Gasteiger partial charge in [-0.25, -0.2) is 4.39 Å². The van der Waals surface area contributed by atoms with Crippen molar-refractivity contribution in [3.05, 3.63) is 71.5 Å². The predicted octanol–water partition coefficient (Wildman–Crippen LogP) is 2.75. The van der Waals surface area contributed by atoms with Crippen LogP contribution in [0, 0.1) is 5.82 Å². The van der Waals surface area contributed by atoms with Crippen molar-refractivity contribution in [1.82, 2.24) is 5.32 Å². The minimum atomic E-state index is -0.547. The molecule has 23 heavy (non-hydrogen) atoms. The Morgan fingerprint density at radius 3 is 2.57 bits per heavy atom. The van der Waals surface area contributed by atoms with E-state index in [-0.39, 0.29) is 11.7 Å². The fourth-order valence-electron chi connectivity index (χ4n) is 2.14. The van der Waals surface area contributed by atoms with Gasteiger partial charge in [0.1, 0.15) is 5.82 Å². The summed E-state index contributed by atoms with van der Waals surface area (Å²) < 4.78 is 13.4. The summed E-state index contributed by atoms with van der Waals surface area (Å²) in [5, 5.41) is 2.83. The Balaban J connectivity index is 1.64. The molecule has 0 fully saturated rings. The molecule has 1 unspecified atom stereocenters. The maximum atomic E-state index is 13.4. The monoisotopic (exact) mass is 332 g/mol. The van der Waals surface area contributed by atoms with Gasteiger partial charge in [-0.2, -0.15) is 11.8 Å². The van der Waals surface area contributed by atoms with E-state index in [2.05, 4.69) is 5.32 Å². The van der Waals surface area contributed by atoms with Gasteiger partial charge >= 0.3 is 0 Å². The number of hydrogen-bond donors (Lipinski definition) is 2.